The van der Waals surface area contributed by atoms with Crippen LogP contribution in [0.4, 0.5) is 0 Å². The SMILES string of the molecule is CCCCOC(CC(Cl)(Cl)Cl)[n+]1ccccc1.[Cl-]. The monoisotopic (exact) mass is 331 g/mol. The van der Waals surface area contributed by atoms with Gasteiger partial charge in [0.2, 0.25) is 0 Å². The van der Waals surface area contributed by atoms with Crippen LogP contribution in [0.25, 0.3) is 0 Å². The van der Waals surface area contributed by atoms with Crippen LogP contribution in [0.15, 0.2) is 30.6 Å². The van der Waals surface area contributed by atoms with E-state index in [0.29, 0.717) is 13.0 Å². The number of aromatic nitrogens is 1. The quantitative estimate of drug-likeness (QED) is 0.431. The molecule has 1 atom stereocenters. The lowest BCUT2D eigenvalue weighted by molar-refractivity contribution is -0.763. The first-order valence-electron chi connectivity index (χ1n) is 5.67. The summed E-state index contributed by atoms with van der Waals surface area (Å²) < 4.78 is 6.36. The summed E-state index contributed by atoms with van der Waals surface area (Å²) in [6.07, 6.45) is 6.00. The number of halogens is 4. The molecule has 0 saturated heterocycles. The fourth-order valence-corrected chi connectivity index (χ4v) is 1.81. The Balaban J connectivity index is 0.00000289. The first kappa shape index (κ1) is 18.3. The molecule has 0 aliphatic rings. The Kier molecular flexibility index (Phi) is 9.36. The topological polar surface area (TPSA) is 13.1 Å². The van der Waals surface area contributed by atoms with Crippen molar-refractivity contribution in [3.05, 3.63) is 30.6 Å². The first-order chi connectivity index (χ1) is 8.03. The molecule has 1 rings (SSSR count). The molecule has 1 heterocycles. The van der Waals surface area contributed by atoms with E-state index in [1.807, 2.05) is 35.2 Å². The fourth-order valence-electron chi connectivity index (χ4n) is 1.42. The molecule has 0 amide bonds. The maximum atomic E-state index is 5.83. The Labute approximate surface area is 130 Å². The van der Waals surface area contributed by atoms with Gasteiger partial charge < -0.3 is 17.1 Å². The third-order valence-electron chi connectivity index (χ3n) is 2.29. The Morgan fingerprint density at radius 2 is 1.78 bits per heavy atom. The van der Waals surface area contributed by atoms with Crippen LogP contribution in [0.5, 0.6) is 0 Å². The second kappa shape index (κ2) is 9.22. The van der Waals surface area contributed by atoms with Crippen LogP contribution < -0.4 is 17.0 Å². The lowest BCUT2D eigenvalue weighted by Crippen LogP contribution is -3.00. The first-order valence-corrected chi connectivity index (χ1v) is 6.80. The molecule has 0 spiro atoms. The van der Waals surface area contributed by atoms with Crippen molar-refractivity contribution in [1.82, 2.24) is 0 Å². The molecule has 0 radical (unpaired) electrons. The summed E-state index contributed by atoms with van der Waals surface area (Å²) in [7, 11) is 0. The van der Waals surface area contributed by atoms with Gasteiger partial charge in [0.15, 0.2) is 16.2 Å². The number of hydrogen-bond acceptors (Lipinski definition) is 1. The maximum Gasteiger partial charge on any atom is 0.266 e. The number of unbranched alkanes of at least 4 members (excludes halogenated alkanes) is 1. The normalized spacial score (nSPS) is 12.9. The minimum atomic E-state index is -1.31. The standard InChI is InChI=1S/C12H17Cl3NO.ClH/c1-2-3-9-17-11(10-12(13,14)15)16-7-5-4-6-8-16;/h4-8,11H,2-3,9-10H2,1H3;1H/q+1;/p-1. The minimum absolute atomic E-state index is 0. The van der Waals surface area contributed by atoms with Gasteiger partial charge in [-0.05, 0) is 6.42 Å². The molecule has 0 aliphatic heterocycles. The summed E-state index contributed by atoms with van der Waals surface area (Å²) in [6, 6.07) is 5.79. The van der Waals surface area contributed by atoms with Gasteiger partial charge in [0.05, 0.1) is 13.0 Å². The maximum absolute atomic E-state index is 5.83. The summed E-state index contributed by atoms with van der Waals surface area (Å²) in [6.45, 7) is 2.78. The van der Waals surface area contributed by atoms with Gasteiger partial charge >= 0.3 is 0 Å². The van der Waals surface area contributed by atoms with Gasteiger partial charge in [0.25, 0.3) is 6.23 Å². The number of alkyl halides is 3. The molecule has 1 unspecified atom stereocenters. The van der Waals surface area contributed by atoms with Crippen molar-refractivity contribution in [2.75, 3.05) is 6.61 Å². The third-order valence-corrected chi connectivity index (χ3v) is 2.75. The van der Waals surface area contributed by atoms with E-state index in [2.05, 4.69) is 6.92 Å². The van der Waals surface area contributed by atoms with E-state index in [1.54, 1.807) is 0 Å². The van der Waals surface area contributed by atoms with Crippen molar-refractivity contribution < 1.29 is 21.7 Å². The highest BCUT2D eigenvalue weighted by Crippen LogP contribution is 2.34. The van der Waals surface area contributed by atoms with Crippen molar-refractivity contribution in [2.45, 2.75) is 36.2 Å². The van der Waals surface area contributed by atoms with Crippen molar-refractivity contribution in [1.29, 1.82) is 0 Å². The average molecular weight is 333 g/mol. The molecule has 104 valence electrons. The molecule has 0 bridgehead atoms. The van der Waals surface area contributed by atoms with E-state index in [0.717, 1.165) is 12.8 Å². The zero-order valence-corrected chi connectivity index (χ0v) is 13.2. The summed E-state index contributed by atoms with van der Waals surface area (Å²) in [4.78, 5) is 0. The Bertz CT molecular complexity index is 316. The third kappa shape index (κ3) is 7.65. The van der Waals surface area contributed by atoms with Gasteiger partial charge in [-0.25, -0.2) is 0 Å². The van der Waals surface area contributed by atoms with Crippen molar-refractivity contribution in [3.63, 3.8) is 0 Å². The molecule has 2 nitrogen and oxygen atoms in total. The molecular formula is C12H17Cl4NO. The molecule has 0 saturated carbocycles. The Morgan fingerprint density at radius 1 is 1.17 bits per heavy atom. The zero-order chi connectivity index (χ0) is 12.7. The number of ether oxygens (including phenoxy) is 1. The predicted octanol–water partition coefficient (Wildman–Crippen LogP) is 1.05. The molecule has 0 N–H and O–H groups in total. The fraction of sp³-hybridized carbons (Fsp3) is 0.583. The molecule has 0 aliphatic carbocycles. The molecule has 0 aromatic carbocycles. The smallest absolute Gasteiger partial charge is 0.266 e. The van der Waals surface area contributed by atoms with E-state index in [4.69, 9.17) is 39.5 Å². The van der Waals surface area contributed by atoms with Crippen molar-refractivity contribution in [2.24, 2.45) is 0 Å². The van der Waals surface area contributed by atoms with Gasteiger partial charge in [-0.1, -0.05) is 54.2 Å². The van der Waals surface area contributed by atoms with Gasteiger partial charge in [0, 0.05) is 12.1 Å². The van der Waals surface area contributed by atoms with Crippen LogP contribution in [0, 0.1) is 0 Å². The minimum Gasteiger partial charge on any atom is -1.00 e. The van der Waals surface area contributed by atoms with Gasteiger partial charge in [0.1, 0.15) is 0 Å². The lowest BCUT2D eigenvalue weighted by atomic mass is 10.3. The molecule has 1 aromatic heterocycles. The Hall–Kier alpha value is 0.270. The van der Waals surface area contributed by atoms with E-state index >= 15 is 0 Å². The Morgan fingerprint density at radius 3 is 2.28 bits per heavy atom. The molecule has 1 aromatic rings. The van der Waals surface area contributed by atoms with Crippen LogP contribution in [0.1, 0.15) is 32.4 Å². The average Bonchev–Trinajstić information content (AvgIpc) is 2.28. The van der Waals surface area contributed by atoms with E-state index in [-0.39, 0.29) is 18.6 Å². The summed E-state index contributed by atoms with van der Waals surface area (Å²) in [5.74, 6) is 0. The van der Waals surface area contributed by atoms with Crippen molar-refractivity contribution in [3.8, 4) is 0 Å². The highest BCUT2D eigenvalue weighted by molar-refractivity contribution is 6.67. The number of nitrogens with zero attached hydrogens (tertiary/aromatic N) is 1. The summed E-state index contributed by atoms with van der Waals surface area (Å²) in [5.41, 5.74) is 0. The van der Waals surface area contributed by atoms with Gasteiger partial charge in [-0.15, -0.1) is 0 Å². The summed E-state index contributed by atoms with van der Waals surface area (Å²) in [5, 5.41) is 0. The van der Waals surface area contributed by atoms with Crippen LogP contribution >= 0.6 is 34.8 Å². The van der Waals surface area contributed by atoms with Crippen LogP contribution in [0.2, 0.25) is 0 Å². The second-order valence-corrected chi connectivity index (χ2v) is 6.34. The van der Waals surface area contributed by atoms with Gasteiger partial charge in [-0.3, -0.25) is 0 Å². The zero-order valence-electron chi connectivity index (χ0n) is 10.2. The van der Waals surface area contributed by atoms with E-state index < -0.39 is 3.79 Å². The van der Waals surface area contributed by atoms with Crippen LogP contribution in [-0.2, 0) is 4.74 Å². The molecule has 6 heteroatoms. The largest absolute Gasteiger partial charge is 1.00 e. The van der Waals surface area contributed by atoms with Crippen molar-refractivity contribution >= 4 is 34.8 Å². The molecule has 0 fully saturated rings. The lowest BCUT2D eigenvalue weighted by Gasteiger charge is -2.17. The molecular weight excluding hydrogens is 316 g/mol. The number of pyridine rings is 1. The highest BCUT2D eigenvalue weighted by atomic mass is 35.6. The van der Waals surface area contributed by atoms with E-state index in [1.165, 1.54) is 0 Å². The summed E-state index contributed by atoms with van der Waals surface area (Å²) >= 11 is 17.5. The highest BCUT2D eigenvalue weighted by Gasteiger charge is 2.31. The number of hydrogen-bond donors (Lipinski definition) is 0. The molecule has 18 heavy (non-hydrogen) atoms. The van der Waals surface area contributed by atoms with Gasteiger partial charge in [-0.2, -0.15) is 4.57 Å². The predicted molar refractivity (Wildman–Crippen MR) is 71.4 cm³/mol. The van der Waals surface area contributed by atoms with Crippen LogP contribution in [-0.4, -0.2) is 10.4 Å². The number of rotatable bonds is 6. The second-order valence-electron chi connectivity index (χ2n) is 3.82. The van der Waals surface area contributed by atoms with E-state index in [9.17, 15) is 0 Å². The van der Waals surface area contributed by atoms with Crippen LogP contribution in [0.3, 0.4) is 0 Å².